The number of aromatic nitrogens is 2. The number of hydrogen-bond acceptors (Lipinski definition) is 3. The van der Waals surface area contributed by atoms with Gasteiger partial charge in [-0.15, -0.1) is 0 Å². The number of ether oxygens (including phenoxy) is 1. The first kappa shape index (κ1) is 10.2. The van der Waals surface area contributed by atoms with Crippen LogP contribution in [0, 0.1) is 0 Å². The molecule has 0 aliphatic rings. The van der Waals surface area contributed by atoms with E-state index in [1.807, 2.05) is 18.3 Å². The molecule has 0 aromatic carbocycles. The molecule has 0 spiro atoms. The van der Waals surface area contributed by atoms with Crippen LogP contribution < -0.4 is 0 Å². The SMILES string of the molecule is CCOC(=O)c1ncn2ccc(Br)cc12. The molecule has 0 radical (unpaired) electrons. The number of pyridine rings is 1. The quantitative estimate of drug-likeness (QED) is 0.785. The van der Waals surface area contributed by atoms with Crippen molar-refractivity contribution in [2.24, 2.45) is 0 Å². The monoisotopic (exact) mass is 268 g/mol. The number of halogens is 1. The Morgan fingerprint density at radius 1 is 1.67 bits per heavy atom. The molecule has 0 saturated carbocycles. The molecule has 0 aliphatic heterocycles. The summed E-state index contributed by atoms with van der Waals surface area (Å²) in [6.45, 7) is 2.12. The topological polar surface area (TPSA) is 43.6 Å². The molecule has 0 bridgehead atoms. The second-order valence-corrected chi connectivity index (χ2v) is 3.87. The predicted octanol–water partition coefficient (Wildman–Crippen LogP) is 2.27. The van der Waals surface area contributed by atoms with Crippen LogP contribution in [0.2, 0.25) is 0 Å². The lowest BCUT2D eigenvalue weighted by Gasteiger charge is -1.99. The lowest BCUT2D eigenvalue weighted by atomic mass is 10.3. The maximum atomic E-state index is 11.5. The Balaban J connectivity index is 2.52. The summed E-state index contributed by atoms with van der Waals surface area (Å²) in [4.78, 5) is 15.5. The molecule has 0 N–H and O–H groups in total. The number of nitrogens with zero attached hydrogens (tertiary/aromatic N) is 2. The lowest BCUT2D eigenvalue weighted by Crippen LogP contribution is -2.05. The van der Waals surface area contributed by atoms with Gasteiger partial charge in [-0.3, -0.25) is 0 Å². The maximum absolute atomic E-state index is 11.5. The molecule has 0 aliphatic carbocycles. The standard InChI is InChI=1S/C10H9BrN2O2/c1-2-15-10(14)9-8-5-7(11)3-4-13(8)6-12-9/h3-6H,2H2,1H3. The molecule has 4 nitrogen and oxygen atoms in total. The highest BCUT2D eigenvalue weighted by atomic mass is 79.9. The van der Waals surface area contributed by atoms with E-state index >= 15 is 0 Å². The van der Waals surface area contributed by atoms with E-state index in [1.54, 1.807) is 17.7 Å². The van der Waals surface area contributed by atoms with Gasteiger partial charge in [-0.1, -0.05) is 15.9 Å². The fourth-order valence-electron chi connectivity index (χ4n) is 1.32. The first-order valence-corrected chi connectivity index (χ1v) is 5.31. The van der Waals surface area contributed by atoms with E-state index in [-0.39, 0.29) is 0 Å². The highest BCUT2D eigenvalue weighted by Crippen LogP contribution is 2.16. The average molecular weight is 269 g/mol. The van der Waals surface area contributed by atoms with Gasteiger partial charge in [-0.25, -0.2) is 9.78 Å². The van der Waals surface area contributed by atoms with Crippen molar-refractivity contribution in [2.45, 2.75) is 6.92 Å². The number of rotatable bonds is 2. The summed E-state index contributed by atoms with van der Waals surface area (Å²) in [6, 6.07) is 3.71. The fourth-order valence-corrected chi connectivity index (χ4v) is 1.65. The summed E-state index contributed by atoms with van der Waals surface area (Å²) in [5.74, 6) is -0.391. The third-order valence-electron chi connectivity index (χ3n) is 1.97. The molecule has 0 amide bonds. The minimum Gasteiger partial charge on any atom is -0.461 e. The smallest absolute Gasteiger partial charge is 0.359 e. The van der Waals surface area contributed by atoms with E-state index in [0.29, 0.717) is 12.3 Å². The molecule has 0 atom stereocenters. The number of carbonyl (C=O) groups excluding carboxylic acids is 1. The first-order chi connectivity index (χ1) is 7.22. The van der Waals surface area contributed by atoms with Crippen molar-refractivity contribution in [3.05, 3.63) is 34.8 Å². The highest BCUT2D eigenvalue weighted by Gasteiger charge is 2.14. The molecular formula is C10H9BrN2O2. The Hall–Kier alpha value is -1.36. The molecule has 2 rings (SSSR count). The van der Waals surface area contributed by atoms with Gasteiger partial charge in [0.15, 0.2) is 5.69 Å². The maximum Gasteiger partial charge on any atom is 0.359 e. The van der Waals surface area contributed by atoms with Crippen LogP contribution in [0.5, 0.6) is 0 Å². The third-order valence-corrected chi connectivity index (χ3v) is 2.46. The van der Waals surface area contributed by atoms with Crippen molar-refractivity contribution in [1.29, 1.82) is 0 Å². The zero-order valence-corrected chi connectivity index (χ0v) is 9.69. The van der Waals surface area contributed by atoms with Crippen molar-refractivity contribution < 1.29 is 9.53 Å². The van der Waals surface area contributed by atoms with Crippen LogP contribution in [0.1, 0.15) is 17.4 Å². The molecule has 0 unspecified atom stereocenters. The summed E-state index contributed by atoms with van der Waals surface area (Å²) in [6.07, 6.45) is 3.42. The van der Waals surface area contributed by atoms with E-state index in [4.69, 9.17) is 4.74 Å². The van der Waals surface area contributed by atoms with Gasteiger partial charge in [-0.2, -0.15) is 0 Å². The van der Waals surface area contributed by atoms with E-state index in [9.17, 15) is 4.79 Å². The van der Waals surface area contributed by atoms with Gasteiger partial charge in [0.1, 0.15) is 6.33 Å². The molecule has 2 heterocycles. The van der Waals surface area contributed by atoms with Crippen molar-refractivity contribution in [3.8, 4) is 0 Å². The highest BCUT2D eigenvalue weighted by molar-refractivity contribution is 9.10. The van der Waals surface area contributed by atoms with E-state index in [1.165, 1.54) is 0 Å². The number of carbonyl (C=O) groups is 1. The number of esters is 1. The zero-order chi connectivity index (χ0) is 10.8. The summed E-state index contributed by atoms with van der Waals surface area (Å²) < 4.78 is 7.58. The van der Waals surface area contributed by atoms with Crippen LogP contribution in [0.4, 0.5) is 0 Å². The third kappa shape index (κ3) is 1.87. The fraction of sp³-hybridized carbons (Fsp3) is 0.200. The number of fused-ring (bicyclic) bond motifs is 1. The van der Waals surface area contributed by atoms with E-state index in [0.717, 1.165) is 9.99 Å². The van der Waals surface area contributed by atoms with Crippen molar-refractivity contribution >= 4 is 27.4 Å². The Kier molecular flexibility index (Phi) is 2.73. The van der Waals surface area contributed by atoms with Crippen molar-refractivity contribution in [3.63, 3.8) is 0 Å². The Labute approximate surface area is 95.0 Å². The summed E-state index contributed by atoms with van der Waals surface area (Å²) >= 11 is 3.35. The van der Waals surface area contributed by atoms with Crippen LogP contribution in [0.25, 0.3) is 5.52 Å². The average Bonchev–Trinajstić information content (AvgIpc) is 2.60. The molecule has 2 aromatic heterocycles. The van der Waals surface area contributed by atoms with Crippen LogP contribution in [0.3, 0.4) is 0 Å². The van der Waals surface area contributed by atoms with Gasteiger partial charge >= 0.3 is 5.97 Å². The molecule has 2 aromatic rings. The minimum atomic E-state index is -0.391. The Morgan fingerprint density at radius 3 is 3.20 bits per heavy atom. The largest absolute Gasteiger partial charge is 0.461 e. The second kappa shape index (κ2) is 4.02. The van der Waals surface area contributed by atoms with Crippen molar-refractivity contribution in [1.82, 2.24) is 9.38 Å². The van der Waals surface area contributed by atoms with Crippen LogP contribution in [-0.4, -0.2) is 22.0 Å². The lowest BCUT2D eigenvalue weighted by molar-refractivity contribution is 0.0522. The molecule has 0 saturated heterocycles. The summed E-state index contributed by atoms with van der Waals surface area (Å²) in [5.41, 5.74) is 1.08. The second-order valence-electron chi connectivity index (χ2n) is 2.95. The number of hydrogen-bond donors (Lipinski definition) is 0. The minimum absolute atomic E-state index is 0.346. The van der Waals surface area contributed by atoms with Gasteiger partial charge in [-0.05, 0) is 19.1 Å². The van der Waals surface area contributed by atoms with Crippen LogP contribution >= 0.6 is 15.9 Å². The molecular weight excluding hydrogens is 260 g/mol. The van der Waals surface area contributed by atoms with E-state index < -0.39 is 5.97 Å². The Morgan fingerprint density at radius 2 is 2.47 bits per heavy atom. The molecule has 15 heavy (non-hydrogen) atoms. The van der Waals surface area contributed by atoms with Crippen molar-refractivity contribution in [2.75, 3.05) is 6.61 Å². The van der Waals surface area contributed by atoms with Crippen LogP contribution in [-0.2, 0) is 4.74 Å². The summed E-state index contributed by atoms with van der Waals surface area (Å²) in [5, 5.41) is 0. The Bertz CT molecular complexity index is 507. The zero-order valence-electron chi connectivity index (χ0n) is 8.11. The molecule has 5 heteroatoms. The van der Waals surface area contributed by atoms with Gasteiger partial charge in [0, 0.05) is 10.7 Å². The van der Waals surface area contributed by atoms with Gasteiger partial charge in [0.2, 0.25) is 0 Å². The van der Waals surface area contributed by atoms with Gasteiger partial charge < -0.3 is 9.14 Å². The summed E-state index contributed by atoms with van der Waals surface area (Å²) in [7, 11) is 0. The number of imidazole rings is 1. The normalized spacial score (nSPS) is 10.5. The van der Waals surface area contributed by atoms with E-state index in [2.05, 4.69) is 20.9 Å². The molecule has 0 fully saturated rings. The molecule has 78 valence electrons. The first-order valence-electron chi connectivity index (χ1n) is 4.51. The predicted molar refractivity (Wildman–Crippen MR) is 58.8 cm³/mol. The van der Waals surface area contributed by atoms with Gasteiger partial charge in [0.25, 0.3) is 0 Å². The van der Waals surface area contributed by atoms with Crippen LogP contribution in [0.15, 0.2) is 29.1 Å². The van der Waals surface area contributed by atoms with Gasteiger partial charge in [0.05, 0.1) is 12.1 Å².